The van der Waals surface area contributed by atoms with Crippen LogP contribution in [-0.4, -0.2) is 22.4 Å². The lowest BCUT2D eigenvalue weighted by atomic mass is 9.90. The normalized spacial score (nSPS) is 37.3. The van der Waals surface area contributed by atoms with Crippen molar-refractivity contribution in [3.8, 4) is 0 Å². The first kappa shape index (κ1) is 14.1. The summed E-state index contributed by atoms with van der Waals surface area (Å²) >= 11 is 0. The van der Waals surface area contributed by atoms with Crippen molar-refractivity contribution < 1.29 is 10.2 Å². The number of aliphatic hydroxyl groups excluding tert-OH is 2. The zero-order valence-corrected chi connectivity index (χ0v) is 11.6. The SMILES string of the molecule is CCCCC[C@H](O)/C=C/C1C(O)CC2CCCC21. The smallest absolute Gasteiger partial charge is 0.0721 e. The molecule has 0 saturated heterocycles. The van der Waals surface area contributed by atoms with E-state index in [0.29, 0.717) is 11.8 Å². The van der Waals surface area contributed by atoms with Crippen molar-refractivity contribution in [2.75, 3.05) is 0 Å². The molecule has 0 heterocycles. The molecule has 104 valence electrons. The minimum Gasteiger partial charge on any atom is -0.392 e. The van der Waals surface area contributed by atoms with Crippen molar-refractivity contribution >= 4 is 0 Å². The zero-order valence-electron chi connectivity index (χ0n) is 11.6. The van der Waals surface area contributed by atoms with Gasteiger partial charge in [-0.05, 0) is 31.1 Å². The van der Waals surface area contributed by atoms with Gasteiger partial charge in [-0.2, -0.15) is 0 Å². The van der Waals surface area contributed by atoms with Crippen LogP contribution in [0.15, 0.2) is 12.2 Å². The van der Waals surface area contributed by atoms with Gasteiger partial charge >= 0.3 is 0 Å². The fraction of sp³-hybridized carbons (Fsp3) is 0.875. The van der Waals surface area contributed by atoms with Crippen molar-refractivity contribution in [3.63, 3.8) is 0 Å². The number of rotatable bonds is 6. The zero-order chi connectivity index (χ0) is 13.0. The van der Waals surface area contributed by atoms with Crippen LogP contribution in [0.1, 0.15) is 58.3 Å². The molecule has 18 heavy (non-hydrogen) atoms. The first-order chi connectivity index (χ1) is 8.72. The molecule has 0 bridgehead atoms. The molecule has 2 fully saturated rings. The average molecular weight is 252 g/mol. The average Bonchev–Trinajstić information content (AvgIpc) is 2.88. The molecule has 0 amide bonds. The van der Waals surface area contributed by atoms with Crippen molar-refractivity contribution in [2.45, 2.75) is 70.5 Å². The highest BCUT2D eigenvalue weighted by molar-refractivity contribution is 5.05. The second-order valence-electron chi connectivity index (χ2n) is 6.18. The van der Waals surface area contributed by atoms with Gasteiger partial charge in [0.1, 0.15) is 0 Å². The molecular formula is C16H28O2. The molecule has 0 aromatic carbocycles. The highest BCUT2D eigenvalue weighted by Crippen LogP contribution is 2.48. The van der Waals surface area contributed by atoms with Gasteiger partial charge in [0.2, 0.25) is 0 Å². The fourth-order valence-electron chi connectivity index (χ4n) is 3.84. The molecule has 0 spiro atoms. The summed E-state index contributed by atoms with van der Waals surface area (Å²) in [7, 11) is 0. The van der Waals surface area contributed by atoms with E-state index < -0.39 is 0 Å². The van der Waals surface area contributed by atoms with Crippen molar-refractivity contribution in [1.82, 2.24) is 0 Å². The van der Waals surface area contributed by atoms with Gasteiger partial charge in [-0.1, -0.05) is 51.2 Å². The maximum atomic E-state index is 10.1. The number of hydrogen-bond donors (Lipinski definition) is 2. The van der Waals surface area contributed by atoms with Crippen molar-refractivity contribution in [1.29, 1.82) is 0 Å². The van der Waals surface area contributed by atoms with E-state index in [1.807, 2.05) is 6.08 Å². The summed E-state index contributed by atoms with van der Waals surface area (Å²) in [5.41, 5.74) is 0. The van der Waals surface area contributed by atoms with Gasteiger partial charge in [-0.25, -0.2) is 0 Å². The maximum Gasteiger partial charge on any atom is 0.0721 e. The van der Waals surface area contributed by atoms with Crippen LogP contribution < -0.4 is 0 Å². The van der Waals surface area contributed by atoms with Gasteiger partial charge in [0.25, 0.3) is 0 Å². The number of fused-ring (bicyclic) bond motifs is 1. The Morgan fingerprint density at radius 3 is 2.89 bits per heavy atom. The topological polar surface area (TPSA) is 40.5 Å². The third-order valence-corrected chi connectivity index (χ3v) is 4.86. The van der Waals surface area contributed by atoms with E-state index in [-0.39, 0.29) is 12.2 Å². The van der Waals surface area contributed by atoms with Crippen LogP contribution in [0.4, 0.5) is 0 Å². The standard InChI is InChI=1S/C16H28O2/c1-2-3-4-7-13(17)9-10-15-14-8-5-6-12(14)11-16(15)18/h9-10,12-18H,2-8,11H2,1H3/b10-9+/t12?,13-,14?,15?,16?/m0/s1. The van der Waals surface area contributed by atoms with E-state index in [4.69, 9.17) is 0 Å². The lowest BCUT2D eigenvalue weighted by Crippen LogP contribution is -2.17. The lowest BCUT2D eigenvalue weighted by molar-refractivity contribution is 0.137. The molecule has 5 atom stereocenters. The Balaban J connectivity index is 1.80. The maximum absolute atomic E-state index is 10.1. The molecule has 0 aromatic heterocycles. The molecular weight excluding hydrogens is 224 g/mol. The summed E-state index contributed by atoms with van der Waals surface area (Å²) < 4.78 is 0. The van der Waals surface area contributed by atoms with Crippen molar-refractivity contribution in [2.24, 2.45) is 17.8 Å². The first-order valence-electron chi connectivity index (χ1n) is 7.76. The van der Waals surface area contributed by atoms with Crippen LogP contribution in [0.3, 0.4) is 0 Å². The second kappa shape index (κ2) is 6.72. The van der Waals surface area contributed by atoms with Crippen LogP contribution in [0.2, 0.25) is 0 Å². The largest absolute Gasteiger partial charge is 0.392 e. The molecule has 0 radical (unpaired) electrons. The predicted octanol–water partition coefficient (Wildman–Crippen LogP) is 3.28. The Morgan fingerprint density at radius 2 is 2.11 bits per heavy atom. The monoisotopic (exact) mass is 252 g/mol. The Hall–Kier alpha value is -0.340. The lowest BCUT2D eigenvalue weighted by Gasteiger charge is -2.17. The molecule has 0 aromatic rings. The van der Waals surface area contributed by atoms with E-state index in [2.05, 4.69) is 13.0 Å². The van der Waals surface area contributed by atoms with Crippen LogP contribution in [-0.2, 0) is 0 Å². The Morgan fingerprint density at radius 1 is 1.28 bits per heavy atom. The Kier molecular flexibility index (Phi) is 5.25. The molecule has 2 saturated carbocycles. The van der Waals surface area contributed by atoms with Gasteiger partial charge in [-0.15, -0.1) is 0 Å². The molecule has 0 aliphatic heterocycles. The number of hydrogen-bond acceptors (Lipinski definition) is 2. The van der Waals surface area contributed by atoms with Gasteiger partial charge in [0.05, 0.1) is 12.2 Å². The van der Waals surface area contributed by atoms with E-state index in [1.54, 1.807) is 0 Å². The molecule has 2 rings (SSSR count). The van der Waals surface area contributed by atoms with Crippen LogP contribution in [0.25, 0.3) is 0 Å². The van der Waals surface area contributed by atoms with Crippen LogP contribution >= 0.6 is 0 Å². The molecule has 2 heteroatoms. The van der Waals surface area contributed by atoms with Crippen LogP contribution in [0, 0.1) is 17.8 Å². The minimum atomic E-state index is -0.316. The molecule has 2 aliphatic carbocycles. The summed E-state index contributed by atoms with van der Waals surface area (Å²) in [6.45, 7) is 2.18. The first-order valence-corrected chi connectivity index (χ1v) is 7.76. The van der Waals surface area contributed by atoms with E-state index in [1.165, 1.54) is 32.1 Å². The molecule has 2 N–H and O–H groups in total. The highest BCUT2D eigenvalue weighted by atomic mass is 16.3. The second-order valence-corrected chi connectivity index (χ2v) is 6.18. The summed E-state index contributed by atoms with van der Waals surface area (Å²) in [6, 6.07) is 0. The molecule has 2 aliphatic rings. The minimum absolute atomic E-state index is 0.167. The van der Waals surface area contributed by atoms with Gasteiger partial charge < -0.3 is 10.2 Å². The van der Waals surface area contributed by atoms with Crippen molar-refractivity contribution in [3.05, 3.63) is 12.2 Å². The number of unbranched alkanes of at least 4 members (excludes halogenated alkanes) is 2. The Labute approximate surface area is 111 Å². The van der Waals surface area contributed by atoms with E-state index in [0.717, 1.165) is 25.2 Å². The highest BCUT2D eigenvalue weighted by Gasteiger charge is 2.43. The van der Waals surface area contributed by atoms with Gasteiger partial charge in [0, 0.05) is 5.92 Å². The third-order valence-electron chi connectivity index (χ3n) is 4.86. The summed E-state index contributed by atoms with van der Waals surface area (Å²) in [5.74, 6) is 1.73. The predicted molar refractivity (Wildman–Crippen MR) is 74.2 cm³/mol. The van der Waals surface area contributed by atoms with E-state index in [9.17, 15) is 10.2 Å². The molecule has 4 unspecified atom stereocenters. The Bertz CT molecular complexity index is 274. The molecule has 2 nitrogen and oxygen atoms in total. The fourth-order valence-corrected chi connectivity index (χ4v) is 3.84. The summed E-state index contributed by atoms with van der Waals surface area (Å²) in [4.78, 5) is 0. The van der Waals surface area contributed by atoms with Gasteiger partial charge in [-0.3, -0.25) is 0 Å². The van der Waals surface area contributed by atoms with Crippen LogP contribution in [0.5, 0.6) is 0 Å². The van der Waals surface area contributed by atoms with Gasteiger partial charge in [0.15, 0.2) is 0 Å². The summed E-state index contributed by atoms with van der Waals surface area (Å²) in [6.07, 6.45) is 12.8. The quantitative estimate of drug-likeness (QED) is 0.562. The number of aliphatic hydroxyl groups is 2. The summed E-state index contributed by atoms with van der Waals surface area (Å²) in [5, 5.41) is 20.0. The van der Waals surface area contributed by atoms with E-state index >= 15 is 0 Å². The third kappa shape index (κ3) is 3.36.